The van der Waals surface area contributed by atoms with Gasteiger partial charge in [-0.1, -0.05) is 18.2 Å². The molecule has 1 aliphatic rings. The number of carbonyl (C=O) groups is 2. The van der Waals surface area contributed by atoms with E-state index in [9.17, 15) is 9.59 Å². The minimum atomic E-state index is -0.551. The Hall–Kier alpha value is -2.71. The van der Waals surface area contributed by atoms with Crippen molar-refractivity contribution in [2.75, 3.05) is 12.0 Å². The van der Waals surface area contributed by atoms with Crippen molar-refractivity contribution in [1.82, 2.24) is 5.32 Å². The van der Waals surface area contributed by atoms with Crippen LogP contribution in [0, 0.1) is 0 Å². The lowest BCUT2D eigenvalue weighted by atomic mass is 10.1. The third kappa shape index (κ3) is 4.49. The maximum Gasteiger partial charge on any atom is 0.270 e. The summed E-state index contributed by atoms with van der Waals surface area (Å²) in [5.41, 5.74) is 1.14. The summed E-state index contributed by atoms with van der Waals surface area (Å²) in [6.07, 6.45) is 1.46. The third-order valence-electron chi connectivity index (χ3n) is 4.03. The van der Waals surface area contributed by atoms with Crippen LogP contribution in [0.1, 0.15) is 19.4 Å². The number of hydrogen-bond donors (Lipinski definition) is 1. The van der Waals surface area contributed by atoms with E-state index in [1.54, 1.807) is 36.4 Å². The quantitative estimate of drug-likeness (QED) is 0.401. The van der Waals surface area contributed by atoms with Gasteiger partial charge in [0.2, 0.25) is 0 Å². The summed E-state index contributed by atoms with van der Waals surface area (Å²) in [6.45, 7) is 3.82. The number of benzene rings is 2. The van der Waals surface area contributed by atoms with E-state index in [0.717, 1.165) is 0 Å². The fourth-order valence-corrected chi connectivity index (χ4v) is 3.64. The Kier molecular flexibility index (Phi) is 6.34. The van der Waals surface area contributed by atoms with Gasteiger partial charge in [-0.15, -0.1) is 0 Å². The monoisotopic (exact) mass is 474 g/mol. The van der Waals surface area contributed by atoms with Gasteiger partial charge in [-0.3, -0.25) is 19.8 Å². The Morgan fingerprint density at radius 2 is 1.86 bits per heavy atom. The summed E-state index contributed by atoms with van der Waals surface area (Å²) < 4.78 is 11.8. The Bertz CT molecular complexity index is 1010. The molecule has 1 saturated heterocycles. The molecule has 0 atom stereocenters. The van der Waals surface area contributed by atoms with Crippen LogP contribution in [0.3, 0.4) is 0 Å². The smallest absolute Gasteiger partial charge is 0.270 e. The summed E-state index contributed by atoms with van der Waals surface area (Å²) in [6, 6.07) is 12.4. The molecule has 0 aromatic heterocycles. The van der Waals surface area contributed by atoms with Gasteiger partial charge in [-0.05, 0) is 77.9 Å². The van der Waals surface area contributed by atoms with Gasteiger partial charge in [0.05, 0.1) is 23.4 Å². The second-order valence-electron chi connectivity index (χ2n) is 6.49. The highest BCUT2D eigenvalue weighted by molar-refractivity contribution is 9.10. The molecule has 0 aliphatic carbocycles. The molecule has 29 heavy (non-hydrogen) atoms. The largest absolute Gasteiger partial charge is 0.493 e. The highest BCUT2D eigenvalue weighted by Gasteiger charge is 2.34. The maximum atomic E-state index is 13.0. The van der Waals surface area contributed by atoms with Crippen molar-refractivity contribution in [1.29, 1.82) is 0 Å². The second kappa shape index (κ2) is 8.75. The molecule has 2 amide bonds. The van der Waals surface area contributed by atoms with E-state index < -0.39 is 11.8 Å². The van der Waals surface area contributed by atoms with Crippen LogP contribution in [0.25, 0.3) is 6.08 Å². The predicted octanol–water partition coefficient (Wildman–Crippen LogP) is 4.08. The molecule has 0 unspecified atom stereocenters. The summed E-state index contributed by atoms with van der Waals surface area (Å²) in [5, 5.41) is 2.62. The highest BCUT2D eigenvalue weighted by atomic mass is 79.9. The summed E-state index contributed by atoms with van der Waals surface area (Å²) in [7, 11) is 1.53. The molecule has 2 aromatic carbocycles. The third-order valence-corrected chi connectivity index (χ3v) is 4.91. The van der Waals surface area contributed by atoms with Gasteiger partial charge in [0, 0.05) is 0 Å². The van der Waals surface area contributed by atoms with Crippen LogP contribution in [0.5, 0.6) is 11.5 Å². The first-order chi connectivity index (χ1) is 13.8. The van der Waals surface area contributed by atoms with E-state index in [-0.39, 0.29) is 16.8 Å². The van der Waals surface area contributed by atoms with Crippen molar-refractivity contribution in [3.8, 4) is 11.5 Å². The van der Waals surface area contributed by atoms with Gasteiger partial charge < -0.3 is 9.47 Å². The zero-order valence-corrected chi connectivity index (χ0v) is 18.5. The molecule has 8 heteroatoms. The van der Waals surface area contributed by atoms with Crippen molar-refractivity contribution in [3.05, 3.63) is 58.1 Å². The van der Waals surface area contributed by atoms with Gasteiger partial charge in [0.1, 0.15) is 5.57 Å². The van der Waals surface area contributed by atoms with Crippen LogP contribution in [-0.2, 0) is 9.59 Å². The van der Waals surface area contributed by atoms with E-state index in [1.165, 1.54) is 18.1 Å². The average molecular weight is 475 g/mol. The average Bonchev–Trinajstić information content (AvgIpc) is 2.67. The lowest BCUT2D eigenvalue weighted by molar-refractivity contribution is -0.122. The summed E-state index contributed by atoms with van der Waals surface area (Å²) in [5.74, 6) is -0.0116. The van der Waals surface area contributed by atoms with Crippen LogP contribution in [0.15, 0.2) is 52.5 Å². The van der Waals surface area contributed by atoms with Gasteiger partial charge in [-0.2, -0.15) is 0 Å². The number of nitrogens with zero attached hydrogens (tertiary/aromatic N) is 1. The first-order valence-electron chi connectivity index (χ1n) is 8.82. The Balaban J connectivity index is 2.02. The van der Waals surface area contributed by atoms with E-state index in [1.807, 2.05) is 19.9 Å². The molecule has 6 nitrogen and oxygen atoms in total. The number of nitrogens with one attached hydrogen (secondary N) is 1. The molecular formula is C21H19BrN2O4S. The maximum absolute atomic E-state index is 13.0. The van der Waals surface area contributed by atoms with Gasteiger partial charge in [-0.25, -0.2) is 0 Å². The first kappa shape index (κ1) is 21.0. The number of ether oxygens (including phenoxy) is 2. The predicted molar refractivity (Wildman–Crippen MR) is 119 cm³/mol. The van der Waals surface area contributed by atoms with E-state index in [2.05, 4.69) is 21.2 Å². The summed E-state index contributed by atoms with van der Waals surface area (Å²) >= 11 is 8.67. The number of amides is 2. The van der Waals surface area contributed by atoms with Crippen molar-refractivity contribution in [3.63, 3.8) is 0 Å². The fraction of sp³-hybridized carbons (Fsp3) is 0.190. The molecule has 1 N–H and O–H groups in total. The number of carbonyl (C=O) groups excluding carboxylic acids is 2. The van der Waals surface area contributed by atoms with Gasteiger partial charge >= 0.3 is 0 Å². The van der Waals surface area contributed by atoms with Crippen LogP contribution in [-0.4, -0.2) is 30.1 Å². The minimum absolute atomic E-state index is 0.0334. The molecule has 1 aliphatic heterocycles. The topological polar surface area (TPSA) is 67.9 Å². The minimum Gasteiger partial charge on any atom is -0.493 e. The van der Waals surface area contributed by atoms with Gasteiger partial charge in [0.25, 0.3) is 11.8 Å². The number of methoxy groups -OCH3 is 1. The molecule has 2 aromatic rings. The second-order valence-corrected chi connectivity index (χ2v) is 7.74. The lowest BCUT2D eigenvalue weighted by Gasteiger charge is -2.28. The number of anilines is 1. The molecule has 3 rings (SSSR count). The van der Waals surface area contributed by atoms with Crippen molar-refractivity contribution in [2.24, 2.45) is 0 Å². The molecule has 0 saturated carbocycles. The number of para-hydroxylation sites is 1. The molecule has 150 valence electrons. The van der Waals surface area contributed by atoms with E-state index >= 15 is 0 Å². The molecule has 0 spiro atoms. The van der Waals surface area contributed by atoms with Crippen molar-refractivity contribution < 1.29 is 19.1 Å². The fourth-order valence-electron chi connectivity index (χ4n) is 2.81. The Morgan fingerprint density at radius 3 is 2.48 bits per heavy atom. The standard InChI is InChI=1S/C21H19BrN2O4S/c1-12(2)28-18-16(22)10-13(11-17(18)27-3)9-15-19(25)23-21(29)24(20(15)26)14-7-5-4-6-8-14/h4-12H,1-3H3,(H,23,25,29)/b15-9-. The number of hydrogen-bond acceptors (Lipinski definition) is 5. The zero-order valence-electron chi connectivity index (χ0n) is 16.1. The Labute approximate surface area is 182 Å². The van der Waals surface area contributed by atoms with E-state index in [4.69, 9.17) is 21.7 Å². The van der Waals surface area contributed by atoms with Crippen LogP contribution in [0.2, 0.25) is 0 Å². The molecule has 1 fully saturated rings. The number of halogens is 1. The Morgan fingerprint density at radius 1 is 1.17 bits per heavy atom. The number of thiocarbonyl (C=S) groups is 1. The van der Waals surface area contributed by atoms with E-state index in [0.29, 0.717) is 27.2 Å². The first-order valence-corrected chi connectivity index (χ1v) is 10.0. The van der Waals surface area contributed by atoms with Crippen LogP contribution in [0.4, 0.5) is 5.69 Å². The summed E-state index contributed by atoms with van der Waals surface area (Å²) in [4.78, 5) is 26.8. The highest BCUT2D eigenvalue weighted by Crippen LogP contribution is 2.38. The molecular weight excluding hydrogens is 456 g/mol. The normalized spacial score (nSPS) is 15.7. The van der Waals surface area contributed by atoms with Gasteiger partial charge in [0.15, 0.2) is 16.6 Å². The molecule has 0 radical (unpaired) electrons. The zero-order chi connectivity index (χ0) is 21.1. The van der Waals surface area contributed by atoms with Crippen LogP contribution >= 0.6 is 28.1 Å². The van der Waals surface area contributed by atoms with Crippen molar-refractivity contribution in [2.45, 2.75) is 20.0 Å². The van der Waals surface area contributed by atoms with Crippen LogP contribution < -0.4 is 19.7 Å². The molecule has 0 bridgehead atoms. The molecule has 1 heterocycles. The number of rotatable bonds is 5. The SMILES string of the molecule is COc1cc(/C=C2/C(=O)NC(=S)N(c3ccccc3)C2=O)cc(Br)c1OC(C)C. The van der Waals surface area contributed by atoms with Crippen molar-refractivity contribution >= 4 is 56.8 Å². The lowest BCUT2D eigenvalue weighted by Crippen LogP contribution is -2.54.